The van der Waals surface area contributed by atoms with Gasteiger partial charge in [-0.05, 0) is 29.6 Å². The van der Waals surface area contributed by atoms with Crippen molar-refractivity contribution in [3.63, 3.8) is 0 Å². The summed E-state index contributed by atoms with van der Waals surface area (Å²) in [5, 5.41) is 4.43. The molecule has 0 unspecified atom stereocenters. The highest BCUT2D eigenvalue weighted by atomic mass is 32.1. The third-order valence-electron chi connectivity index (χ3n) is 3.75. The molecule has 1 saturated heterocycles. The fourth-order valence-electron chi connectivity index (χ4n) is 2.45. The summed E-state index contributed by atoms with van der Waals surface area (Å²) in [6.45, 7) is 1.21. The largest absolute Gasteiger partial charge is 0.497 e. The standard InChI is InChI=1S/C16H14N2O3S2/c1-20-11-2-3-13-14(6-11)23-16(17-13)21-12-7-18(8-12)15(19)10-4-5-22-9-10/h2-6,9,12H,7-8H2,1H3. The third-order valence-corrected chi connectivity index (χ3v) is 5.34. The van der Waals surface area contributed by atoms with Crippen molar-refractivity contribution < 1.29 is 14.3 Å². The summed E-state index contributed by atoms with van der Waals surface area (Å²) < 4.78 is 12.1. The number of fused-ring (bicyclic) bond motifs is 1. The molecular weight excluding hydrogens is 332 g/mol. The van der Waals surface area contributed by atoms with Crippen molar-refractivity contribution in [1.29, 1.82) is 0 Å². The average Bonchev–Trinajstić information content (AvgIpc) is 3.17. The van der Waals surface area contributed by atoms with E-state index in [0.29, 0.717) is 18.3 Å². The summed E-state index contributed by atoms with van der Waals surface area (Å²) in [6, 6.07) is 7.61. The molecule has 0 aliphatic carbocycles. The number of rotatable bonds is 4. The lowest BCUT2D eigenvalue weighted by Crippen LogP contribution is -2.56. The van der Waals surface area contributed by atoms with E-state index in [2.05, 4.69) is 4.98 Å². The number of hydrogen-bond donors (Lipinski definition) is 0. The lowest BCUT2D eigenvalue weighted by atomic mass is 10.1. The predicted octanol–water partition coefficient (Wildman–Crippen LogP) is 3.27. The van der Waals surface area contributed by atoms with Crippen LogP contribution in [-0.4, -0.2) is 42.1 Å². The summed E-state index contributed by atoms with van der Waals surface area (Å²) >= 11 is 3.03. The Kier molecular flexibility index (Phi) is 3.66. The van der Waals surface area contributed by atoms with E-state index in [0.717, 1.165) is 21.5 Å². The summed E-state index contributed by atoms with van der Waals surface area (Å²) in [5.41, 5.74) is 1.65. The molecule has 23 heavy (non-hydrogen) atoms. The minimum Gasteiger partial charge on any atom is -0.497 e. The van der Waals surface area contributed by atoms with Crippen LogP contribution in [0.25, 0.3) is 10.2 Å². The highest BCUT2D eigenvalue weighted by Gasteiger charge is 2.33. The topological polar surface area (TPSA) is 51.7 Å². The van der Waals surface area contributed by atoms with E-state index in [1.165, 1.54) is 22.7 Å². The van der Waals surface area contributed by atoms with Crippen LogP contribution in [0.1, 0.15) is 10.4 Å². The first-order valence-electron chi connectivity index (χ1n) is 7.15. The molecule has 1 aromatic carbocycles. The van der Waals surface area contributed by atoms with Crippen LogP contribution >= 0.6 is 22.7 Å². The number of amides is 1. The van der Waals surface area contributed by atoms with Gasteiger partial charge in [0.25, 0.3) is 11.1 Å². The van der Waals surface area contributed by atoms with Gasteiger partial charge >= 0.3 is 0 Å². The SMILES string of the molecule is COc1ccc2nc(OC3CN(C(=O)c4ccsc4)C3)sc2c1. The van der Waals surface area contributed by atoms with Crippen LogP contribution in [0.15, 0.2) is 35.0 Å². The molecule has 1 aliphatic heterocycles. The number of benzene rings is 1. The number of ether oxygens (including phenoxy) is 2. The molecule has 4 rings (SSSR count). The summed E-state index contributed by atoms with van der Waals surface area (Å²) in [5.74, 6) is 0.879. The van der Waals surface area contributed by atoms with Gasteiger partial charge in [-0.3, -0.25) is 4.79 Å². The molecule has 1 aliphatic rings. The molecular formula is C16H14N2O3S2. The quantitative estimate of drug-likeness (QED) is 0.727. The molecule has 118 valence electrons. The maximum atomic E-state index is 12.1. The van der Waals surface area contributed by atoms with Gasteiger partial charge in [0.15, 0.2) is 0 Å². The van der Waals surface area contributed by atoms with Crippen molar-refractivity contribution in [2.45, 2.75) is 6.10 Å². The first-order chi connectivity index (χ1) is 11.2. The van der Waals surface area contributed by atoms with Gasteiger partial charge in [0.2, 0.25) is 0 Å². The minimum atomic E-state index is 0.0139. The molecule has 0 N–H and O–H groups in total. The normalized spacial score (nSPS) is 14.7. The fourth-order valence-corrected chi connectivity index (χ4v) is 3.99. The minimum absolute atomic E-state index is 0.0139. The number of thiazole rings is 1. The maximum absolute atomic E-state index is 12.1. The number of methoxy groups -OCH3 is 1. The average molecular weight is 346 g/mol. The zero-order chi connectivity index (χ0) is 15.8. The van der Waals surface area contributed by atoms with Gasteiger partial charge in [0, 0.05) is 5.38 Å². The molecule has 3 aromatic rings. The molecule has 5 nitrogen and oxygen atoms in total. The van der Waals surface area contributed by atoms with Crippen LogP contribution in [0.3, 0.4) is 0 Å². The van der Waals surface area contributed by atoms with E-state index in [9.17, 15) is 4.79 Å². The van der Waals surface area contributed by atoms with Gasteiger partial charge in [0.1, 0.15) is 11.9 Å². The van der Waals surface area contributed by atoms with Crippen molar-refractivity contribution in [1.82, 2.24) is 9.88 Å². The van der Waals surface area contributed by atoms with Crippen LogP contribution < -0.4 is 9.47 Å². The van der Waals surface area contributed by atoms with Crippen molar-refractivity contribution in [2.24, 2.45) is 0 Å². The highest BCUT2D eigenvalue weighted by molar-refractivity contribution is 7.20. The second-order valence-corrected chi connectivity index (χ2v) is 7.05. The molecule has 0 spiro atoms. The van der Waals surface area contributed by atoms with E-state index in [-0.39, 0.29) is 12.0 Å². The van der Waals surface area contributed by atoms with Crippen molar-refractivity contribution in [3.05, 3.63) is 40.6 Å². The predicted molar refractivity (Wildman–Crippen MR) is 90.8 cm³/mol. The molecule has 7 heteroatoms. The number of carbonyl (C=O) groups is 1. The second-order valence-electron chi connectivity index (χ2n) is 5.28. The number of carbonyl (C=O) groups excluding carboxylic acids is 1. The number of nitrogens with zero attached hydrogens (tertiary/aromatic N) is 2. The van der Waals surface area contributed by atoms with Crippen LogP contribution in [0.4, 0.5) is 0 Å². The summed E-state index contributed by atoms with van der Waals surface area (Å²) in [4.78, 5) is 18.4. The molecule has 0 radical (unpaired) electrons. The van der Waals surface area contributed by atoms with E-state index in [1.807, 2.05) is 35.0 Å². The molecule has 0 atom stereocenters. The first-order valence-corrected chi connectivity index (χ1v) is 8.91. The Balaban J connectivity index is 1.39. The summed E-state index contributed by atoms with van der Waals surface area (Å²) in [7, 11) is 1.65. The molecule has 1 fully saturated rings. The van der Waals surface area contributed by atoms with Gasteiger partial charge in [0.05, 0.1) is 36.0 Å². The van der Waals surface area contributed by atoms with E-state index < -0.39 is 0 Å². The first kappa shape index (κ1) is 14.5. The number of thiophene rings is 1. The number of likely N-dealkylation sites (tertiary alicyclic amines) is 1. The van der Waals surface area contributed by atoms with E-state index in [1.54, 1.807) is 12.0 Å². The molecule has 0 saturated carbocycles. The molecule has 1 amide bonds. The maximum Gasteiger partial charge on any atom is 0.274 e. The molecule has 0 bridgehead atoms. The van der Waals surface area contributed by atoms with Crippen LogP contribution in [0.2, 0.25) is 0 Å². The van der Waals surface area contributed by atoms with Gasteiger partial charge in [-0.15, -0.1) is 0 Å². The van der Waals surface area contributed by atoms with Gasteiger partial charge < -0.3 is 14.4 Å². The van der Waals surface area contributed by atoms with Gasteiger partial charge in [-0.1, -0.05) is 11.3 Å². The van der Waals surface area contributed by atoms with Crippen molar-refractivity contribution in [3.8, 4) is 10.9 Å². The van der Waals surface area contributed by atoms with Crippen molar-refractivity contribution in [2.75, 3.05) is 20.2 Å². The smallest absolute Gasteiger partial charge is 0.274 e. The Hall–Kier alpha value is -2.12. The summed E-state index contributed by atoms with van der Waals surface area (Å²) in [6.07, 6.45) is 0.0139. The monoisotopic (exact) mass is 346 g/mol. The fraction of sp³-hybridized carbons (Fsp3) is 0.250. The lowest BCUT2D eigenvalue weighted by molar-refractivity contribution is 0.0178. The van der Waals surface area contributed by atoms with E-state index in [4.69, 9.17) is 9.47 Å². The van der Waals surface area contributed by atoms with Gasteiger partial charge in [-0.25, -0.2) is 4.98 Å². The lowest BCUT2D eigenvalue weighted by Gasteiger charge is -2.38. The second kappa shape index (κ2) is 5.82. The molecule has 3 heterocycles. The van der Waals surface area contributed by atoms with Gasteiger partial charge in [-0.2, -0.15) is 11.3 Å². The zero-order valence-electron chi connectivity index (χ0n) is 12.4. The Labute approximate surface area is 141 Å². The Morgan fingerprint density at radius 1 is 1.35 bits per heavy atom. The van der Waals surface area contributed by atoms with Crippen molar-refractivity contribution >= 4 is 38.8 Å². The van der Waals surface area contributed by atoms with Crippen LogP contribution in [-0.2, 0) is 0 Å². The zero-order valence-corrected chi connectivity index (χ0v) is 14.0. The van der Waals surface area contributed by atoms with Crippen LogP contribution in [0, 0.1) is 0 Å². The molecule has 2 aromatic heterocycles. The Bertz CT molecular complexity index is 838. The van der Waals surface area contributed by atoms with E-state index >= 15 is 0 Å². The third kappa shape index (κ3) is 2.77. The highest BCUT2D eigenvalue weighted by Crippen LogP contribution is 2.32. The number of aromatic nitrogens is 1. The van der Waals surface area contributed by atoms with Crippen LogP contribution in [0.5, 0.6) is 10.9 Å². The Morgan fingerprint density at radius 3 is 2.96 bits per heavy atom. The number of hydrogen-bond acceptors (Lipinski definition) is 6. The Morgan fingerprint density at radius 2 is 2.22 bits per heavy atom.